The Bertz CT molecular complexity index is 567. The summed E-state index contributed by atoms with van der Waals surface area (Å²) < 4.78 is 0. The molecule has 2 heterocycles. The number of hydrogen-bond acceptors (Lipinski definition) is 4. The van der Waals surface area contributed by atoms with Crippen molar-refractivity contribution in [2.45, 2.75) is 6.42 Å². The number of H-pyrrole nitrogens is 1. The molecule has 2 aromatic heterocycles. The van der Waals surface area contributed by atoms with E-state index in [0.29, 0.717) is 0 Å². The summed E-state index contributed by atoms with van der Waals surface area (Å²) in [7, 11) is 0. The number of benzene rings is 1. The highest BCUT2D eigenvalue weighted by Gasteiger charge is 2.01. The van der Waals surface area contributed by atoms with Crippen LogP contribution in [0.5, 0.6) is 0 Å². The zero-order valence-corrected chi connectivity index (χ0v) is 10.00. The number of aromatic nitrogens is 3. The molecule has 0 radical (unpaired) electrons. The molecule has 0 fully saturated rings. The Hall–Kier alpha value is -1.88. The van der Waals surface area contributed by atoms with Crippen molar-refractivity contribution in [3.8, 4) is 0 Å². The van der Waals surface area contributed by atoms with Gasteiger partial charge in [-0.1, -0.05) is 12.1 Å². The van der Waals surface area contributed by atoms with Crippen molar-refractivity contribution in [3.05, 3.63) is 40.8 Å². The molecule has 86 valence electrons. The van der Waals surface area contributed by atoms with Crippen molar-refractivity contribution in [1.29, 1.82) is 0 Å². The van der Waals surface area contributed by atoms with E-state index in [0.717, 1.165) is 35.6 Å². The minimum atomic E-state index is 0.821. The summed E-state index contributed by atoms with van der Waals surface area (Å²) in [6.07, 6.45) is 0.917. The minimum Gasteiger partial charge on any atom is -0.355 e. The average molecular weight is 244 g/mol. The lowest BCUT2D eigenvalue weighted by Crippen LogP contribution is -2.06. The van der Waals surface area contributed by atoms with Gasteiger partial charge in [0.2, 0.25) is 5.95 Å². The molecule has 0 saturated carbocycles. The number of rotatable bonds is 4. The highest BCUT2D eigenvalue weighted by Crippen LogP contribution is 2.13. The van der Waals surface area contributed by atoms with Crippen LogP contribution in [0.15, 0.2) is 35.2 Å². The van der Waals surface area contributed by atoms with E-state index in [-0.39, 0.29) is 0 Å². The highest BCUT2D eigenvalue weighted by molar-refractivity contribution is 7.07. The van der Waals surface area contributed by atoms with Gasteiger partial charge in [-0.15, -0.1) is 11.3 Å². The number of hydrogen-bond donors (Lipinski definition) is 2. The van der Waals surface area contributed by atoms with Crippen molar-refractivity contribution in [2.75, 3.05) is 11.9 Å². The first kappa shape index (κ1) is 10.3. The fourth-order valence-corrected chi connectivity index (χ4v) is 2.30. The second-order valence-electron chi connectivity index (χ2n) is 3.76. The molecule has 0 unspecified atom stereocenters. The van der Waals surface area contributed by atoms with Gasteiger partial charge in [-0.05, 0) is 12.1 Å². The van der Waals surface area contributed by atoms with Crippen LogP contribution in [0, 0.1) is 0 Å². The Labute approximate surface area is 103 Å². The van der Waals surface area contributed by atoms with Gasteiger partial charge in [0.15, 0.2) is 0 Å². The SMILES string of the molecule is c1ccc2[nH]c(NCCc3cscn3)nc2c1. The van der Waals surface area contributed by atoms with Crippen LogP contribution < -0.4 is 5.32 Å². The summed E-state index contributed by atoms with van der Waals surface area (Å²) in [6, 6.07) is 8.01. The number of anilines is 1. The third-order valence-corrected chi connectivity index (χ3v) is 3.18. The fourth-order valence-electron chi connectivity index (χ4n) is 1.71. The summed E-state index contributed by atoms with van der Waals surface area (Å²) in [6.45, 7) is 0.837. The largest absolute Gasteiger partial charge is 0.355 e. The quantitative estimate of drug-likeness (QED) is 0.742. The van der Waals surface area contributed by atoms with E-state index in [1.54, 1.807) is 11.3 Å². The Kier molecular flexibility index (Phi) is 2.75. The summed E-state index contributed by atoms with van der Waals surface area (Å²) in [5.41, 5.74) is 5.03. The Morgan fingerprint density at radius 2 is 2.24 bits per heavy atom. The van der Waals surface area contributed by atoms with Gasteiger partial charge in [0.1, 0.15) is 0 Å². The van der Waals surface area contributed by atoms with Gasteiger partial charge in [0.05, 0.1) is 22.2 Å². The monoisotopic (exact) mass is 244 g/mol. The first-order chi connectivity index (χ1) is 8.42. The normalized spacial score (nSPS) is 10.8. The fraction of sp³-hybridized carbons (Fsp3) is 0.167. The number of thiazole rings is 1. The van der Waals surface area contributed by atoms with E-state index in [9.17, 15) is 0 Å². The Morgan fingerprint density at radius 3 is 3.06 bits per heavy atom. The van der Waals surface area contributed by atoms with Crippen molar-refractivity contribution in [2.24, 2.45) is 0 Å². The van der Waals surface area contributed by atoms with Crippen LogP contribution >= 0.6 is 11.3 Å². The van der Waals surface area contributed by atoms with Gasteiger partial charge in [-0.25, -0.2) is 9.97 Å². The number of nitrogens with one attached hydrogen (secondary N) is 2. The molecule has 0 aliphatic carbocycles. The van der Waals surface area contributed by atoms with Crippen molar-refractivity contribution in [3.63, 3.8) is 0 Å². The molecule has 17 heavy (non-hydrogen) atoms. The smallest absolute Gasteiger partial charge is 0.201 e. The molecule has 0 saturated heterocycles. The first-order valence-electron chi connectivity index (χ1n) is 5.47. The number of nitrogens with zero attached hydrogens (tertiary/aromatic N) is 2. The molecule has 5 heteroatoms. The van der Waals surface area contributed by atoms with Crippen LogP contribution in [0.25, 0.3) is 11.0 Å². The number of aromatic amines is 1. The predicted octanol–water partition coefficient (Wildman–Crippen LogP) is 2.67. The third-order valence-electron chi connectivity index (χ3n) is 2.55. The van der Waals surface area contributed by atoms with E-state index >= 15 is 0 Å². The first-order valence-corrected chi connectivity index (χ1v) is 6.42. The highest BCUT2D eigenvalue weighted by atomic mass is 32.1. The minimum absolute atomic E-state index is 0.821. The lowest BCUT2D eigenvalue weighted by Gasteiger charge is -1.99. The molecule has 2 N–H and O–H groups in total. The van der Waals surface area contributed by atoms with E-state index in [1.807, 2.05) is 29.8 Å². The molecule has 1 aromatic carbocycles. The van der Waals surface area contributed by atoms with E-state index in [1.165, 1.54) is 0 Å². The lowest BCUT2D eigenvalue weighted by molar-refractivity contribution is 0.963. The third kappa shape index (κ3) is 2.29. The van der Waals surface area contributed by atoms with Gasteiger partial charge < -0.3 is 10.3 Å². The molecule has 0 spiro atoms. The number of fused-ring (bicyclic) bond motifs is 1. The van der Waals surface area contributed by atoms with Gasteiger partial charge in [0, 0.05) is 18.3 Å². The number of para-hydroxylation sites is 2. The topological polar surface area (TPSA) is 53.6 Å². The van der Waals surface area contributed by atoms with Gasteiger partial charge in [0.25, 0.3) is 0 Å². The van der Waals surface area contributed by atoms with Crippen molar-refractivity contribution in [1.82, 2.24) is 15.0 Å². The van der Waals surface area contributed by atoms with Crippen LogP contribution in [0.2, 0.25) is 0 Å². The van der Waals surface area contributed by atoms with Crippen molar-refractivity contribution < 1.29 is 0 Å². The zero-order valence-electron chi connectivity index (χ0n) is 9.18. The van der Waals surface area contributed by atoms with Crippen LogP contribution in [0.4, 0.5) is 5.95 Å². The van der Waals surface area contributed by atoms with E-state index in [4.69, 9.17) is 0 Å². The van der Waals surface area contributed by atoms with Crippen molar-refractivity contribution >= 4 is 28.3 Å². The van der Waals surface area contributed by atoms with E-state index < -0.39 is 0 Å². The number of imidazole rings is 1. The Morgan fingerprint density at radius 1 is 1.29 bits per heavy atom. The summed E-state index contributed by atoms with van der Waals surface area (Å²) in [4.78, 5) is 11.9. The van der Waals surface area contributed by atoms with Gasteiger partial charge in [-0.3, -0.25) is 0 Å². The molecule has 4 nitrogen and oxygen atoms in total. The molecule has 0 amide bonds. The molecule has 0 aliphatic rings. The molecule has 0 bridgehead atoms. The second-order valence-corrected chi connectivity index (χ2v) is 4.48. The maximum absolute atomic E-state index is 4.45. The Balaban J connectivity index is 1.65. The second kappa shape index (κ2) is 4.55. The zero-order chi connectivity index (χ0) is 11.5. The lowest BCUT2D eigenvalue weighted by atomic mass is 10.3. The van der Waals surface area contributed by atoms with Gasteiger partial charge >= 0.3 is 0 Å². The summed E-state index contributed by atoms with van der Waals surface area (Å²) in [5, 5.41) is 5.34. The molecular formula is C12H12N4S. The average Bonchev–Trinajstić information content (AvgIpc) is 2.96. The van der Waals surface area contributed by atoms with Crippen LogP contribution in [-0.2, 0) is 6.42 Å². The molecule has 0 aliphatic heterocycles. The molecule has 0 atom stereocenters. The summed E-state index contributed by atoms with van der Waals surface area (Å²) in [5.74, 6) is 0.821. The molecule has 3 aromatic rings. The van der Waals surface area contributed by atoms with Gasteiger partial charge in [-0.2, -0.15) is 0 Å². The summed E-state index contributed by atoms with van der Waals surface area (Å²) >= 11 is 1.63. The predicted molar refractivity (Wildman–Crippen MR) is 70.4 cm³/mol. The standard InChI is InChI=1S/C12H12N4S/c1-2-4-11-10(3-1)15-12(16-11)13-6-5-9-7-17-8-14-9/h1-4,7-8H,5-6H2,(H2,13,15,16). The molecular weight excluding hydrogens is 232 g/mol. The van der Waals surface area contributed by atoms with E-state index in [2.05, 4.69) is 25.6 Å². The van der Waals surface area contributed by atoms with Crippen LogP contribution in [-0.4, -0.2) is 21.5 Å². The van der Waals surface area contributed by atoms with Crippen LogP contribution in [0.3, 0.4) is 0 Å². The maximum Gasteiger partial charge on any atom is 0.201 e. The van der Waals surface area contributed by atoms with Crippen LogP contribution in [0.1, 0.15) is 5.69 Å². The molecule has 3 rings (SSSR count). The maximum atomic E-state index is 4.45.